The minimum Gasteiger partial charge on any atom is -0.506 e. The van der Waals surface area contributed by atoms with Gasteiger partial charge in [-0.05, 0) is 48.6 Å². The van der Waals surface area contributed by atoms with Crippen LogP contribution in [0.5, 0.6) is 17.2 Å². The van der Waals surface area contributed by atoms with Crippen molar-refractivity contribution in [3.63, 3.8) is 0 Å². The van der Waals surface area contributed by atoms with Gasteiger partial charge in [-0.25, -0.2) is 8.42 Å². The number of methoxy groups -OCH3 is 2. The topological polar surface area (TPSA) is 154 Å². The molecule has 0 fully saturated rings. The Hall–Kier alpha value is -3.18. The predicted molar refractivity (Wildman–Crippen MR) is 134 cm³/mol. The van der Waals surface area contributed by atoms with E-state index in [0.29, 0.717) is 35.6 Å². The first kappa shape index (κ1) is 28.1. The van der Waals surface area contributed by atoms with Crippen LogP contribution in [0.4, 0.5) is 11.4 Å². The molecule has 0 radical (unpaired) electrons. The summed E-state index contributed by atoms with van der Waals surface area (Å²) in [5, 5.41) is 32.7. The number of ether oxygens (including phenoxy) is 2. The second kappa shape index (κ2) is 13.1. The zero-order valence-electron chi connectivity index (χ0n) is 20.2. The molecule has 11 heteroatoms. The van der Waals surface area contributed by atoms with E-state index in [1.807, 2.05) is 12.1 Å². The number of aromatic hydroxyl groups is 1. The molecule has 0 aromatic heterocycles. The summed E-state index contributed by atoms with van der Waals surface area (Å²) < 4.78 is 36.3. The number of rotatable bonds is 15. The van der Waals surface area contributed by atoms with Gasteiger partial charge >= 0.3 is 5.97 Å². The van der Waals surface area contributed by atoms with Crippen molar-refractivity contribution in [3.8, 4) is 17.2 Å². The molecule has 35 heavy (non-hydrogen) atoms. The number of aliphatic hydroxyl groups excluding tert-OH is 1. The van der Waals surface area contributed by atoms with Crippen molar-refractivity contribution in [2.75, 3.05) is 37.1 Å². The molecule has 10 nitrogen and oxygen atoms in total. The molecule has 0 spiro atoms. The summed E-state index contributed by atoms with van der Waals surface area (Å²) in [5.41, 5.74) is 2.01. The van der Waals surface area contributed by atoms with Crippen molar-refractivity contribution in [1.29, 1.82) is 0 Å². The maximum Gasteiger partial charge on any atom is 0.303 e. The molecular weight excluding hydrogens is 476 g/mol. The fraction of sp³-hybridized carbons (Fsp3) is 0.458. The lowest BCUT2D eigenvalue weighted by Crippen LogP contribution is -2.15. The monoisotopic (exact) mass is 510 g/mol. The van der Waals surface area contributed by atoms with Crippen LogP contribution in [-0.2, 0) is 21.2 Å². The van der Waals surface area contributed by atoms with E-state index in [9.17, 15) is 23.4 Å². The maximum absolute atomic E-state index is 11.5. The number of carboxylic acid groups (broad SMARTS) is 1. The van der Waals surface area contributed by atoms with E-state index in [-0.39, 0.29) is 24.4 Å². The van der Waals surface area contributed by atoms with Crippen LogP contribution in [0.2, 0.25) is 0 Å². The quantitative estimate of drug-likeness (QED) is 0.179. The van der Waals surface area contributed by atoms with Gasteiger partial charge in [-0.3, -0.25) is 9.52 Å². The first-order valence-corrected chi connectivity index (χ1v) is 13.1. The smallest absolute Gasteiger partial charge is 0.303 e. The molecule has 2 aromatic rings. The molecule has 0 saturated heterocycles. The van der Waals surface area contributed by atoms with Crippen LogP contribution < -0.4 is 19.5 Å². The molecule has 0 saturated carbocycles. The lowest BCUT2D eigenvalue weighted by atomic mass is 10.0. The third kappa shape index (κ3) is 8.84. The summed E-state index contributed by atoms with van der Waals surface area (Å²) in [6.07, 6.45) is 4.04. The van der Waals surface area contributed by atoms with E-state index in [4.69, 9.17) is 14.6 Å². The van der Waals surface area contributed by atoms with Crippen molar-refractivity contribution in [3.05, 3.63) is 41.5 Å². The number of aliphatic carboxylic acids is 1. The number of hydrogen-bond acceptors (Lipinski definition) is 8. The lowest BCUT2D eigenvalue weighted by Gasteiger charge is -2.21. The van der Waals surface area contributed by atoms with Crippen molar-refractivity contribution in [1.82, 2.24) is 0 Å². The molecule has 5 N–H and O–H groups in total. The SMILES string of the molecule is COc1ccc(CCCCCCC(=O)O)c(NCC(O)c2ccc(O)c(NS(C)(=O)=O)c2)c1OC. The first-order chi connectivity index (χ1) is 16.6. The number of anilines is 2. The van der Waals surface area contributed by atoms with Gasteiger partial charge in [0.15, 0.2) is 11.5 Å². The van der Waals surface area contributed by atoms with Crippen LogP contribution in [0.25, 0.3) is 0 Å². The van der Waals surface area contributed by atoms with Crippen LogP contribution in [0.1, 0.15) is 49.3 Å². The minimum atomic E-state index is -3.61. The minimum absolute atomic E-state index is 0.0217. The summed E-state index contributed by atoms with van der Waals surface area (Å²) in [7, 11) is -0.547. The molecule has 1 unspecified atom stereocenters. The van der Waals surface area contributed by atoms with Crippen LogP contribution >= 0.6 is 0 Å². The summed E-state index contributed by atoms with van der Waals surface area (Å²) in [6.45, 7) is 0.0816. The van der Waals surface area contributed by atoms with E-state index in [1.165, 1.54) is 32.4 Å². The zero-order chi connectivity index (χ0) is 26.0. The number of sulfonamides is 1. The van der Waals surface area contributed by atoms with E-state index in [0.717, 1.165) is 31.1 Å². The summed E-state index contributed by atoms with van der Waals surface area (Å²) in [4.78, 5) is 10.7. The molecule has 1 atom stereocenters. The Morgan fingerprint density at radius 1 is 1.06 bits per heavy atom. The number of phenols is 1. The molecular formula is C24H34N2O8S. The number of aliphatic hydroxyl groups is 1. The van der Waals surface area contributed by atoms with Gasteiger partial charge in [-0.2, -0.15) is 0 Å². The number of carboxylic acids is 1. The molecule has 194 valence electrons. The Morgan fingerprint density at radius 3 is 2.40 bits per heavy atom. The third-order valence-electron chi connectivity index (χ3n) is 5.39. The van der Waals surface area contributed by atoms with Crippen LogP contribution in [0.15, 0.2) is 30.3 Å². The molecule has 0 aliphatic rings. The molecule has 2 aromatic carbocycles. The van der Waals surface area contributed by atoms with Gasteiger partial charge in [0.1, 0.15) is 5.75 Å². The lowest BCUT2D eigenvalue weighted by molar-refractivity contribution is -0.137. The van der Waals surface area contributed by atoms with Gasteiger partial charge < -0.3 is 30.1 Å². The van der Waals surface area contributed by atoms with Gasteiger partial charge in [0, 0.05) is 13.0 Å². The number of carbonyl (C=O) groups is 1. The fourth-order valence-corrected chi connectivity index (χ4v) is 4.24. The van der Waals surface area contributed by atoms with Gasteiger partial charge in [-0.1, -0.05) is 25.0 Å². The number of phenolic OH excluding ortho intramolecular Hbond substituents is 1. The van der Waals surface area contributed by atoms with Crippen LogP contribution in [0, 0.1) is 0 Å². The fourth-order valence-electron chi connectivity index (χ4n) is 3.67. The predicted octanol–water partition coefficient (Wildman–Crippen LogP) is 3.50. The van der Waals surface area contributed by atoms with Gasteiger partial charge in [0.05, 0.1) is 38.0 Å². The summed E-state index contributed by atoms with van der Waals surface area (Å²) in [6, 6.07) is 7.93. The summed E-state index contributed by atoms with van der Waals surface area (Å²) in [5.74, 6) is -0.0191. The molecule has 2 rings (SSSR count). The second-order valence-electron chi connectivity index (χ2n) is 8.19. The third-order valence-corrected chi connectivity index (χ3v) is 5.98. The molecule has 0 aliphatic carbocycles. The number of hydrogen-bond donors (Lipinski definition) is 5. The highest BCUT2D eigenvalue weighted by molar-refractivity contribution is 7.92. The Labute approximate surface area is 205 Å². The maximum atomic E-state index is 11.5. The number of aryl methyl sites for hydroxylation is 1. The summed E-state index contributed by atoms with van der Waals surface area (Å²) >= 11 is 0. The van der Waals surface area contributed by atoms with E-state index in [2.05, 4.69) is 10.0 Å². The Bertz CT molecular complexity index is 1100. The average Bonchev–Trinajstić information content (AvgIpc) is 2.79. The second-order valence-corrected chi connectivity index (χ2v) is 9.94. The van der Waals surface area contributed by atoms with E-state index < -0.39 is 22.1 Å². The molecule has 0 aliphatic heterocycles. The van der Waals surface area contributed by atoms with Crippen molar-refractivity contribution in [2.24, 2.45) is 0 Å². The van der Waals surface area contributed by atoms with E-state index >= 15 is 0 Å². The standard InChI is InChI=1S/C24H34N2O8S/c1-33-21-13-11-16(8-6-4-5-7-9-22(29)30)23(24(21)34-2)25-15-20(28)17-10-12-19(27)18(14-17)26-35(3,31)32/h10-14,20,25-28H,4-9,15H2,1-3H3,(H,29,30). The van der Waals surface area contributed by atoms with Crippen LogP contribution in [-0.4, -0.2) is 56.7 Å². The molecule has 0 bridgehead atoms. The Morgan fingerprint density at radius 2 is 1.77 bits per heavy atom. The van der Waals surface area contributed by atoms with Crippen molar-refractivity contribution in [2.45, 2.75) is 44.6 Å². The first-order valence-electron chi connectivity index (χ1n) is 11.2. The number of unbranched alkanes of at least 4 members (excludes halogenated alkanes) is 3. The number of nitrogens with one attached hydrogen (secondary N) is 2. The average molecular weight is 511 g/mol. The highest BCUT2D eigenvalue weighted by atomic mass is 32.2. The van der Waals surface area contributed by atoms with Crippen molar-refractivity contribution < 1.29 is 38.0 Å². The van der Waals surface area contributed by atoms with Gasteiger partial charge in [0.25, 0.3) is 0 Å². The largest absolute Gasteiger partial charge is 0.506 e. The van der Waals surface area contributed by atoms with Gasteiger partial charge in [0.2, 0.25) is 10.0 Å². The highest BCUT2D eigenvalue weighted by Gasteiger charge is 2.18. The van der Waals surface area contributed by atoms with Crippen molar-refractivity contribution >= 4 is 27.4 Å². The molecule has 0 heterocycles. The van der Waals surface area contributed by atoms with Gasteiger partial charge in [-0.15, -0.1) is 0 Å². The highest BCUT2D eigenvalue weighted by Crippen LogP contribution is 2.39. The van der Waals surface area contributed by atoms with Crippen LogP contribution in [0.3, 0.4) is 0 Å². The zero-order valence-corrected chi connectivity index (χ0v) is 21.0. The Balaban J connectivity index is 2.15. The normalized spacial score (nSPS) is 12.1. The Kier molecular flexibility index (Phi) is 10.5. The molecule has 0 amide bonds. The van der Waals surface area contributed by atoms with E-state index in [1.54, 1.807) is 0 Å². The number of benzene rings is 2.